The number of rotatable bonds is 5. The van der Waals surface area contributed by atoms with Gasteiger partial charge in [0.1, 0.15) is 11.3 Å². The highest BCUT2D eigenvalue weighted by molar-refractivity contribution is 7.91. The third-order valence-electron chi connectivity index (χ3n) is 3.11. The Labute approximate surface area is 127 Å². The predicted octanol–water partition coefficient (Wildman–Crippen LogP) is 1.62. The molecule has 21 heavy (non-hydrogen) atoms. The first kappa shape index (κ1) is 15.8. The normalized spacial score (nSPS) is 13.5. The molecule has 1 heterocycles. The van der Waals surface area contributed by atoms with Gasteiger partial charge in [-0.1, -0.05) is 6.07 Å². The molecule has 6 nitrogen and oxygen atoms in total. The number of fused-ring (bicyclic) bond motifs is 1. The number of primary amides is 1. The first-order valence-corrected chi connectivity index (χ1v) is 8.66. The van der Waals surface area contributed by atoms with Gasteiger partial charge in [-0.05, 0) is 19.1 Å². The zero-order chi connectivity index (χ0) is 15.8. The van der Waals surface area contributed by atoms with Crippen molar-refractivity contribution in [1.82, 2.24) is 9.55 Å². The molecule has 1 amide bonds. The Morgan fingerprint density at radius 3 is 2.67 bits per heavy atom. The summed E-state index contributed by atoms with van der Waals surface area (Å²) < 4.78 is 25.4. The van der Waals surface area contributed by atoms with Gasteiger partial charge in [-0.2, -0.15) is 0 Å². The molecule has 1 atom stereocenters. The van der Waals surface area contributed by atoms with Gasteiger partial charge in [0, 0.05) is 19.2 Å². The minimum Gasteiger partial charge on any atom is -0.370 e. The number of aryl methyl sites for hydroxylation is 1. The first-order valence-electron chi connectivity index (χ1n) is 6.33. The molecule has 0 aliphatic heterocycles. The molecule has 0 spiro atoms. The van der Waals surface area contributed by atoms with Crippen LogP contribution in [0.5, 0.6) is 0 Å². The minimum absolute atomic E-state index is 0.130. The Morgan fingerprint density at radius 2 is 2.14 bits per heavy atom. The van der Waals surface area contributed by atoms with Gasteiger partial charge in [-0.25, -0.2) is 13.4 Å². The Balaban J connectivity index is 2.71. The molecule has 114 valence electrons. The molecule has 2 rings (SSSR count). The SMILES string of the molecule is CC(Cl)c1nc2c(S(C)(=O)=O)cccc2n1CCC(N)=O. The van der Waals surface area contributed by atoms with E-state index >= 15 is 0 Å². The molecule has 2 N–H and O–H groups in total. The number of carbonyl (C=O) groups excluding carboxylic acids is 1. The number of aromatic nitrogens is 2. The van der Waals surface area contributed by atoms with Gasteiger partial charge < -0.3 is 10.3 Å². The zero-order valence-electron chi connectivity index (χ0n) is 11.7. The number of nitrogens with two attached hydrogens (primary N) is 1. The Morgan fingerprint density at radius 1 is 1.48 bits per heavy atom. The highest BCUT2D eigenvalue weighted by atomic mass is 35.5. The Bertz CT molecular complexity index is 796. The summed E-state index contributed by atoms with van der Waals surface area (Å²) in [6.07, 6.45) is 1.26. The van der Waals surface area contributed by atoms with Crippen LogP contribution in [0.15, 0.2) is 23.1 Å². The summed E-state index contributed by atoms with van der Waals surface area (Å²) in [7, 11) is -3.40. The molecule has 0 aliphatic rings. The Hall–Kier alpha value is -1.60. The highest BCUT2D eigenvalue weighted by Crippen LogP contribution is 2.28. The monoisotopic (exact) mass is 329 g/mol. The number of para-hydroxylation sites is 1. The zero-order valence-corrected chi connectivity index (χ0v) is 13.3. The van der Waals surface area contributed by atoms with E-state index in [-0.39, 0.29) is 11.3 Å². The molecule has 1 aromatic carbocycles. The molecule has 8 heteroatoms. The number of imidazole rings is 1. The van der Waals surface area contributed by atoms with E-state index in [1.54, 1.807) is 23.6 Å². The fourth-order valence-electron chi connectivity index (χ4n) is 2.20. The van der Waals surface area contributed by atoms with Gasteiger partial charge >= 0.3 is 0 Å². The summed E-state index contributed by atoms with van der Waals surface area (Å²) in [5, 5.41) is -0.419. The van der Waals surface area contributed by atoms with Gasteiger partial charge in [-0.15, -0.1) is 11.6 Å². The van der Waals surface area contributed by atoms with Gasteiger partial charge in [0.05, 0.1) is 15.8 Å². The first-order chi connectivity index (χ1) is 9.71. The lowest BCUT2D eigenvalue weighted by Crippen LogP contribution is -2.15. The Kier molecular flexibility index (Phi) is 4.25. The molecule has 0 saturated heterocycles. The van der Waals surface area contributed by atoms with Crippen LogP contribution in [0.4, 0.5) is 0 Å². The van der Waals surface area contributed by atoms with Crippen LogP contribution in [0.2, 0.25) is 0 Å². The van der Waals surface area contributed by atoms with Crippen molar-refractivity contribution in [3.63, 3.8) is 0 Å². The van der Waals surface area contributed by atoms with Crippen LogP contribution < -0.4 is 5.73 Å². The van der Waals surface area contributed by atoms with Crippen molar-refractivity contribution in [2.24, 2.45) is 5.73 Å². The molecule has 0 radical (unpaired) electrons. The summed E-state index contributed by atoms with van der Waals surface area (Å²) in [5.41, 5.74) is 6.17. The average Bonchev–Trinajstić information content (AvgIpc) is 2.73. The van der Waals surface area contributed by atoms with E-state index in [0.29, 0.717) is 23.4 Å². The molecule has 0 fully saturated rings. The average molecular weight is 330 g/mol. The van der Waals surface area contributed by atoms with Crippen LogP contribution in [-0.2, 0) is 21.2 Å². The number of sulfone groups is 1. The highest BCUT2D eigenvalue weighted by Gasteiger charge is 2.20. The molecule has 1 unspecified atom stereocenters. The number of alkyl halides is 1. The number of halogens is 1. The second kappa shape index (κ2) is 5.65. The number of hydrogen-bond acceptors (Lipinski definition) is 4. The second-order valence-electron chi connectivity index (χ2n) is 4.85. The van der Waals surface area contributed by atoms with Crippen molar-refractivity contribution < 1.29 is 13.2 Å². The number of benzene rings is 1. The van der Waals surface area contributed by atoms with Crippen molar-refractivity contribution in [2.45, 2.75) is 30.2 Å². The van der Waals surface area contributed by atoms with E-state index in [4.69, 9.17) is 17.3 Å². The quantitative estimate of drug-likeness (QED) is 0.843. The smallest absolute Gasteiger partial charge is 0.219 e. The van der Waals surface area contributed by atoms with E-state index in [0.717, 1.165) is 6.26 Å². The lowest BCUT2D eigenvalue weighted by molar-refractivity contribution is -0.118. The third kappa shape index (κ3) is 3.19. The van der Waals surface area contributed by atoms with Gasteiger partial charge in [0.15, 0.2) is 9.84 Å². The van der Waals surface area contributed by atoms with Crippen molar-refractivity contribution in [3.05, 3.63) is 24.0 Å². The van der Waals surface area contributed by atoms with Crippen molar-refractivity contribution in [3.8, 4) is 0 Å². The van der Waals surface area contributed by atoms with Crippen molar-refractivity contribution >= 4 is 38.4 Å². The van der Waals surface area contributed by atoms with E-state index < -0.39 is 21.1 Å². The minimum atomic E-state index is -3.40. The van der Waals surface area contributed by atoms with Crippen LogP contribution in [0, 0.1) is 0 Å². The van der Waals surface area contributed by atoms with E-state index in [1.807, 2.05) is 0 Å². The van der Waals surface area contributed by atoms with E-state index in [9.17, 15) is 13.2 Å². The third-order valence-corrected chi connectivity index (χ3v) is 4.43. The van der Waals surface area contributed by atoms with Gasteiger partial charge in [-0.3, -0.25) is 4.79 Å². The van der Waals surface area contributed by atoms with Crippen LogP contribution in [0.25, 0.3) is 11.0 Å². The maximum atomic E-state index is 11.8. The largest absolute Gasteiger partial charge is 0.370 e. The lowest BCUT2D eigenvalue weighted by Gasteiger charge is -2.09. The molecule has 0 aliphatic carbocycles. The predicted molar refractivity (Wildman–Crippen MR) is 80.9 cm³/mol. The molecular formula is C13H16ClN3O3S. The van der Waals surface area contributed by atoms with Crippen LogP contribution in [-0.4, -0.2) is 30.1 Å². The summed E-state index contributed by atoms with van der Waals surface area (Å²) >= 11 is 6.11. The number of amides is 1. The summed E-state index contributed by atoms with van der Waals surface area (Å²) in [6, 6.07) is 4.90. The maximum Gasteiger partial charge on any atom is 0.219 e. The van der Waals surface area contributed by atoms with Crippen LogP contribution in [0.1, 0.15) is 24.5 Å². The van der Waals surface area contributed by atoms with Gasteiger partial charge in [0.25, 0.3) is 0 Å². The summed E-state index contributed by atoms with van der Waals surface area (Å²) in [4.78, 5) is 15.5. The van der Waals surface area contributed by atoms with Crippen LogP contribution >= 0.6 is 11.6 Å². The van der Waals surface area contributed by atoms with Crippen molar-refractivity contribution in [1.29, 1.82) is 0 Å². The fraction of sp³-hybridized carbons (Fsp3) is 0.385. The summed E-state index contributed by atoms with van der Waals surface area (Å²) in [6.45, 7) is 2.05. The van der Waals surface area contributed by atoms with Gasteiger partial charge in [0.2, 0.25) is 5.91 Å². The van der Waals surface area contributed by atoms with Crippen LogP contribution in [0.3, 0.4) is 0 Å². The number of carbonyl (C=O) groups is 1. The van der Waals surface area contributed by atoms with Crippen molar-refractivity contribution in [2.75, 3.05) is 6.26 Å². The lowest BCUT2D eigenvalue weighted by atomic mass is 10.3. The second-order valence-corrected chi connectivity index (χ2v) is 7.49. The standard InChI is InChI=1S/C13H16ClN3O3S/c1-8(14)13-16-12-9(17(13)7-6-11(15)18)4-3-5-10(12)21(2,19)20/h3-5,8H,6-7H2,1-2H3,(H2,15,18). The van der Waals surface area contributed by atoms with E-state index in [2.05, 4.69) is 4.98 Å². The molecule has 1 aromatic heterocycles. The van der Waals surface area contributed by atoms with E-state index in [1.165, 1.54) is 6.07 Å². The fourth-order valence-corrected chi connectivity index (χ4v) is 3.19. The maximum absolute atomic E-state index is 11.8. The molecule has 2 aromatic rings. The number of nitrogens with zero attached hydrogens (tertiary/aromatic N) is 2. The number of hydrogen-bond donors (Lipinski definition) is 1. The molecular weight excluding hydrogens is 314 g/mol. The summed E-state index contributed by atoms with van der Waals surface area (Å²) in [5.74, 6) is 0.0771. The molecule has 0 saturated carbocycles. The topological polar surface area (TPSA) is 95.1 Å². The molecule has 0 bridgehead atoms.